The second-order valence-corrected chi connectivity index (χ2v) is 8.73. The second-order valence-electron chi connectivity index (χ2n) is 8.73. The molecule has 2 fully saturated rings. The van der Waals surface area contributed by atoms with Crippen LogP contribution in [0.2, 0.25) is 0 Å². The minimum Gasteiger partial charge on any atom is -0.369 e. The van der Waals surface area contributed by atoms with E-state index >= 15 is 0 Å². The summed E-state index contributed by atoms with van der Waals surface area (Å²) in [6.45, 7) is 16.1. The zero-order valence-electron chi connectivity index (χ0n) is 14.5. The molecule has 1 aliphatic heterocycles. The average Bonchev–Trinajstić information content (AvgIpc) is 2.38. The summed E-state index contributed by atoms with van der Waals surface area (Å²) in [5.74, 6) is 2.23. The molecule has 0 radical (unpaired) electrons. The smallest absolute Gasteiger partial charge is 0.0805 e. The monoisotopic (exact) mass is 281 g/mol. The largest absolute Gasteiger partial charge is 0.369 e. The summed E-state index contributed by atoms with van der Waals surface area (Å²) in [6.07, 6.45) is 5.89. The zero-order valence-corrected chi connectivity index (χ0v) is 14.5. The Labute approximate surface area is 126 Å². The highest BCUT2D eigenvalue weighted by molar-refractivity contribution is 4.92. The quantitative estimate of drug-likeness (QED) is 0.817. The first-order valence-corrected chi connectivity index (χ1v) is 8.61. The average molecular weight is 281 g/mol. The van der Waals surface area contributed by atoms with Gasteiger partial charge in [0.05, 0.1) is 11.7 Å². The van der Waals surface area contributed by atoms with Crippen molar-refractivity contribution in [2.75, 3.05) is 13.1 Å². The Kier molecular flexibility index (Phi) is 4.86. The Hall–Kier alpha value is -0.0800. The molecule has 1 N–H and O–H groups in total. The molecule has 118 valence electrons. The van der Waals surface area contributed by atoms with Gasteiger partial charge < -0.3 is 10.1 Å². The van der Waals surface area contributed by atoms with E-state index in [1.807, 2.05) is 0 Å². The summed E-state index contributed by atoms with van der Waals surface area (Å²) < 4.78 is 6.53. The Balaban J connectivity index is 1.91. The van der Waals surface area contributed by atoms with Crippen molar-refractivity contribution in [1.82, 2.24) is 5.32 Å². The van der Waals surface area contributed by atoms with Crippen molar-refractivity contribution in [3.63, 3.8) is 0 Å². The summed E-state index contributed by atoms with van der Waals surface area (Å²) in [4.78, 5) is 0. The van der Waals surface area contributed by atoms with E-state index in [9.17, 15) is 0 Å². The minimum atomic E-state index is 0.0177. The number of nitrogens with one attached hydrogen (secondary N) is 1. The van der Waals surface area contributed by atoms with Gasteiger partial charge in [-0.05, 0) is 55.8 Å². The van der Waals surface area contributed by atoms with Crippen LogP contribution in [0, 0.1) is 23.2 Å². The number of rotatable bonds is 2. The van der Waals surface area contributed by atoms with Crippen LogP contribution >= 0.6 is 0 Å². The van der Waals surface area contributed by atoms with Crippen LogP contribution in [0.3, 0.4) is 0 Å². The molecular formula is C18H35NO. The first kappa shape index (κ1) is 16.3. The van der Waals surface area contributed by atoms with Gasteiger partial charge in [0.15, 0.2) is 0 Å². The van der Waals surface area contributed by atoms with Gasteiger partial charge in [-0.3, -0.25) is 0 Å². The molecule has 0 amide bonds. The van der Waals surface area contributed by atoms with Crippen LogP contribution in [0.5, 0.6) is 0 Å². The molecule has 0 bridgehead atoms. The van der Waals surface area contributed by atoms with Crippen molar-refractivity contribution in [2.24, 2.45) is 23.2 Å². The van der Waals surface area contributed by atoms with Crippen molar-refractivity contribution in [2.45, 2.75) is 78.9 Å². The first-order chi connectivity index (χ1) is 9.22. The predicted molar refractivity (Wildman–Crippen MR) is 85.9 cm³/mol. The Morgan fingerprint density at radius 3 is 2.20 bits per heavy atom. The van der Waals surface area contributed by atoms with Crippen molar-refractivity contribution in [3.05, 3.63) is 0 Å². The number of hydrogen-bond acceptors (Lipinski definition) is 2. The van der Waals surface area contributed by atoms with Gasteiger partial charge in [0.2, 0.25) is 0 Å². The third-order valence-electron chi connectivity index (χ3n) is 5.99. The second kappa shape index (κ2) is 5.96. The van der Waals surface area contributed by atoms with E-state index in [4.69, 9.17) is 4.74 Å². The molecule has 0 aromatic rings. The van der Waals surface area contributed by atoms with Gasteiger partial charge in [-0.15, -0.1) is 0 Å². The van der Waals surface area contributed by atoms with E-state index in [0.717, 1.165) is 24.9 Å². The summed E-state index contributed by atoms with van der Waals surface area (Å²) in [5.41, 5.74) is 0.493. The molecule has 0 aromatic heterocycles. The van der Waals surface area contributed by atoms with Gasteiger partial charge >= 0.3 is 0 Å². The van der Waals surface area contributed by atoms with Crippen LogP contribution in [0.1, 0.15) is 67.2 Å². The molecule has 2 heteroatoms. The molecule has 1 heterocycles. The van der Waals surface area contributed by atoms with Gasteiger partial charge in [-0.1, -0.05) is 34.6 Å². The lowest BCUT2D eigenvalue weighted by Gasteiger charge is -2.46. The maximum atomic E-state index is 6.53. The zero-order chi connectivity index (χ0) is 15.0. The van der Waals surface area contributed by atoms with Crippen molar-refractivity contribution in [1.29, 1.82) is 0 Å². The van der Waals surface area contributed by atoms with Crippen LogP contribution in [-0.2, 0) is 4.74 Å². The van der Waals surface area contributed by atoms with Gasteiger partial charge in [-0.25, -0.2) is 0 Å². The predicted octanol–water partition coefficient (Wildman–Crippen LogP) is 4.24. The molecule has 1 saturated heterocycles. The molecule has 2 unspecified atom stereocenters. The van der Waals surface area contributed by atoms with Gasteiger partial charge in [0.1, 0.15) is 0 Å². The summed E-state index contributed by atoms with van der Waals surface area (Å²) in [5, 5.41) is 3.62. The standard InChI is InChI=1S/C18H35NO/c1-13(2)18(6)12-19-11-16(20-18)14-7-9-15(10-8-14)17(3,4)5/h13-16,19H,7-12H2,1-6H3. The van der Waals surface area contributed by atoms with Gasteiger partial charge in [0, 0.05) is 13.1 Å². The lowest BCUT2D eigenvalue weighted by Crippen LogP contribution is -2.57. The highest BCUT2D eigenvalue weighted by Gasteiger charge is 2.40. The van der Waals surface area contributed by atoms with E-state index in [1.54, 1.807) is 0 Å². The van der Waals surface area contributed by atoms with Crippen LogP contribution in [0.15, 0.2) is 0 Å². The van der Waals surface area contributed by atoms with Crippen LogP contribution in [-0.4, -0.2) is 24.8 Å². The number of hydrogen-bond donors (Lipinski definition) is 1. The molecular weight excluding hydrogens is 246 g/mol. The summed E-state index contributed by atoms with van der Waals surface area (Å²) in [6, 6.07) is 0. The van der Waals surface area contributed by atoms with Gasteiger partial charge in [0.25, 0.3) is 0 Å². The summed E-state index contributed by atoms with van der Waals surface area (Å²) in [7, 11) is 0. The maximum Gasteiger partial charge on any atom is 0.0805 e. The Bertz CT molecular complexity index is 312. The molecule has 2 aliphatic rings. The third kappa shape index (κ3) is 3.57. The van der Waals surface area contributed by atoms with E-state index in [-0.39, 0.29) is 5.60 Å². The van der Waals surface area contributed by atoms with E-state index in [2.05, 4.69) is 46.9 Å². The Morgan fingerprint density at radius 2 is 1.70 bits per heavy atom. The molecule has 2 atom stereocenters. The first-order valence-electron chi connectivity index (χ1n) is 8.61. The lowest BCUT2D eigenvalue weighted by molar-refractivity contribution is -0.154. The van der Waals surface area contributed by atoms with Crippen molar-refractivity contribution in [3.8, 4) is 0 Å². The molecule has 1 aliphatic carbocycles. The highest BCUT2D eigenvalue weighted by atomic mass is 16.5. The van der Waals surface area contributed by atoms with Gasteiger partial charge in [-0.2, -0.15) is 0 Å². The van der Waals surface area contributed by atoms with Crippen LogP contribution < -0.4 is 5.32 Å². The molecule has 2 nitrogen and oxygen atoms in total. The summed E-state index contributed by atoms with van der Waals surface area (Å²) >= 11 is 0. The fourth-order valence-electron chi connectivity index (χ4n) is 3.85. The fraction of sp³-hybridized carbons (Fsp3) is 1.00. The molecule has 1 saturated carbocycles. The normalized spacial score (nSPS) is 40.0. The fourth-order valence-corrected chi connectivity index (χ4v) is 3.85. The minimum absolute atomic E-state index is 0.0177. The lowest BCUT2D eigenvalue weighted by atomic mass is 9.68. The van der Waals surface area contributed by atoms with Crippen LogP contribution in [0.25, 0.3) is 0 Å². The highest BCUT2D eigenvalue weighted by Crippen LogP contribution is 2.42. The van der Waals surface area contributed by atoms with Crippen LogP contribution in [0.4, 0.5) is 0 Å². The third-order valence-corrected chi connectivity index (χ3v) is 5.99. The Morgan fingerprint density at radius 1 is 1.10 bits per heavy atom. The molecule has 0 aromatic carbocycles. The SMILES string of the molecule is CC(C)C1(C)CNCC(C2CCC(C(C)(C)C)CC2)O1. The van der Waals surface area contributed by atoms with E-state index < -0.39 is 0 Å². The maximum absolute atomic E-state index is 6.53. The topological polar surface area (TPSA) is 21.3 Å². The number of morpholine rings is 1. The van der Waals surface area contributed by atoms with E-state index in [0.29, 0.717) is 17.4 Å². The van der Waals surface area contributed by atoms with Crippen molar-refractivity contribution >= 4 is 0 Å². The van der Waals surface area contributed by atoms with E-state index in [1.165, 1.54) is 25.7 Å². The molecule has 20 heavy (non-hydrogen) atoms. The van der Waals surface area contributed by atoms with Crippen molar-refractivity contribution < 1.29 is 4.74 Å². The number of ether oxygens (including phenoxy) is 1. The molecule has 2 rings (SSSR count). The molecule has 0 spiro atoms.